The molecule has 0 aliphatic carbocycles. The van der Waals surface area contributed by atoms with E-state index in [0.29, 0.717) is 18.1 Å². The van der Waals surface area contributed by atoms with Gasteiger partial charge < -0.3 is 14.9 Å². The second kappa shape index (κ2) is 5.42. The first-order valence-corrected chi connectivity index (χ1v) is 5.84. The van der Waals surface area contributed by atoms with Gasteiger partial charge in [-0.2, -0.15) is 0 Å². The summed E-state index contributed by atoms with van der Waals surface area (Å²) < 4.78 is 24.0. The highest BCUT2D eigenvalue weighted by Crippen LogP contribution is 2.22. The highest BCUT2D eigenvalue weighted by atomic mass is 35.5. The van der Waals surface area contributed by atoms with Gasteiger partial charge in [0.1, 0.15) is 29.7 Å². The zero-order chi connectivity index (χ0) is 13.1. The van der Waals surface area contributed by atoms with Crippen LogP contribution in [0.3, 0.4) is 0 Å². The van der Waals surface area contributed by atoms with Crippen molar-refractivity contribution in [3.8, 4) is 5.75 Å². The van der Waals surface area contributed by atoms with Gasteiger partial charge in [-0.1, -0.05) is 11.6 Å². The van der Waals surface area contributed by atoms with E-state index in [1.165, 1.54) is 12.1 Å². The fraction of sp³-hybridized carbons (Fsp3) is 0.231. The van der Waals surface area contributed by atoms with Gasteiger partial charge in [0.25, 0.3) is 0 Å². The molecule has 0 spiro atoms. The molecular formula is C13H13ClFNO2. The molecule has 3 nitrogen and oxygen atoms in total. The summed E-state index contributed by atoms with van der Waals surface area (Å²) in [4.78, 5) is 0. The molecular weight excluding hydrogens is 257 g/mol. The quantitative estimate of drug-likeness (QED) is 0.925. The van der Waals surface area contributed by atoms with Gasteiger partial charge >= 0.3 is 0 Å². The zero-order valence-corrected chi connectivity index (χ0v) is 10.6. The molecule has 1 aromatic carbocycles. The molecule has 0 aliphatic heterocycles. The van der Waals surface area contributed by atoms with Crippen LogP contribution >= 0.6 is 11.6 Å². The van der Waals surface area contributed by atoms with Crippen LogP contribution < -0.4 is 10.5 Å². The summed E-state index contributed by atoms with van der Waals surface area (Å²) >= 11 is 5.58. The molecule has 96 valence electrons. The average Bonchev–Trinajstić information content (AvgIpc) is 2.71. The standard InChI is InChI=1S/C13H13ClFNO2/c1-8-9(6-16)4-11(18-8)7-17-10-2-3-12(14)13(15)5-10/h2-5H,6-7,16H2,1H3. The van der Waals surface area contributed by atoms with Crippen LogP contribution in [0.25, 0.3) is 0 Å². The van der Waals surface area contributed by atoms with Gasteiger partial charge in [0.15, 0.2) is 0 Å². The number of aryl methyl sites for hydroxylation is 1. The maximum absolute atomic E-state index is 13.2. The maximum Gasteiger partial charge on any atom is 0.146 e. The minimum absolute atomic E-state index is 0.0709. The Morgan fingerprint density at radius 1 is 1.39 bits per heavy atom. The highest BCUT2D eigenvalue weighted by Gasteiger charge is 2.07. The number of rotatable bonds is 4. The molecule has 0 saturated heterocycles. The van der Waals surface area contributed by atoms with Crippen LogP contribution in [0, 0.1) is 12.7 Å². The van der Waals surface area contributed by atoms with Crippen LogP contribution in [-0.2, 0) is 13.2 Å². The molecule has 0 amide bonds. The van der Waals surface area contributed by atoms with Crippen molar-refractivity contribution < 1.29 is 13.5 Å². The van der Waals surface area contributed by atoms with Crippen LogP contribution in [0.15, 0.2) is 28.7 Å². The van der Waals surface area contributed by atoms with E-state index in [0.717, 1.165) is 11.3 Å². The predicted octanol–water partition coefficient (Wildman–Crippen LogP) is 3.42. The third-order valence-corrected chi connectivity index (χ3v) is 2.87. The van der Waals surface area contributed by atoms with Crippen molar-refractivity contribution in [1.82, 2.24) is 0 Å². The normalized spacial score (nSPS) is 10.7. The monoisotopic (exact) mass is 269 g/mol. The largest absolute Gasteiger partial charge is 0.486 e. The molecule has 1 aromatic heterocycles. The van der Waals surface area contributed by atoms with Gasteiger partial charge in [-0.25, -0.2) is 4.39 Å². The lowest BCUT2D eigenvalue weighted by Crippen LogP contribution is -1.96. The Morgan fingerprint density at radius 3 is 2.78 bits per heavy atom. The van der Waals surface area contributed by atoms with E-state index in [9.17, 15) is 4.39 Å². The number of ether oxygens (including phenoxy) is 1. The van der Waals surface area contributed by atoms with Crippen molar-refractivity contribution in [2.24, 2.45) is 5.73 Å². The van der Waals surface area contributed by atoms with Gasteiger partial charge in [0.2, 0.25) is 0 Å². The molecule has 0 saturated carbocycles. The molecule has 1 heterocycles. The van der Waals surface area contributed by atoms with Gasteiger partial charge in [-0.3, -0.25) is 0 Å². The van der Waals surface area contributed by atoms with Crippen molar-refractivity contribution >= 4 is 11.6 Å². The molecule has 5 heteroatoms. The van der Waals surface area contributed by atoms with Gasteiger partial charge in [-0.15, -0.1) is 0 Å². The van der Waals surface area contributed by atoms with Gasteiger partial charge in [-0.05, 0) is 25.1 Å². The van der Waals surface area contributed by atoms with Crippen molar-refractivity contribution in [3.05, 3.63) is 52.2 Å². The Kier molecular flexibility index (Phi) is 3.89. The van der Waals surface area contributed by atoms with E-state index < -0.39 is 5.82 Å². The lowest BCUT2D eigenvalue weighted by atomic mass is 10.2. The van der Waals surface area contributed by atoms with Crippen LogP contribution in [0.5, 0.6) is 5.75 Å². The van der Waals surface area contributed by atoms with E-state index in [2.05, 4.69) is 0 Å². The minimum Gasteiger partial charge on any atom is -0.486 e. The first-order valence-electron chi connectivity index (χ1n) is 5.46. The summed E-state index contributed by atoms with van der Waals surface area (Å²) in [6, 6.07) is 6.12. The molecule has 2 rings (SSSR count). The van der Waals surface area contributed by atoms with Crippen LogP contribution in [0.2, 0.25) is 5.02 Å². The SMILES string of the molecule is Cc1oc(COc2ccc(Cl)c(F)c2)cc1CN. The Hall–Kier alpha value is -1.52. The van der Waals surface area contributed by atoms with Crippen LogP contribution in [0.1, 0.15) is 17.1 Å². The molecule has 2 N–H and O–H groups in total. The number of furan rings is 1. The Morgan fingerprint density at radius 2 is 2.17 bits per heavy atom. The number of nitrogens with two attached hydrogens (primary N) is 1. The van der Waals surface area contributed by atoms with E-state index >= 15 is 0 Å². The third-order valence-electron chi connectivity index (χ3n) is 2.56. The predicted molar refractivity (Wildman–Crippen MR) is 67.1 cm³/mol. The summed E-state index contributed by atoms with van der Waals surface area (Å²) in [6.45, 7) is 2.49. The van der Waals surface area contributed by atoms with Gasteiger partial charge in [0, 0.05) is 18.2 Å². The Balaban J connectivity index is 2.04. The van der Waals surface area contributed by atoms with Gasteiger partial charge in [0.05, 0.1) is 5.02 Å². The molecule has 0 bridgehead atoms. The van der Waals surface area contributed by atoms with Crippen molar-refractivity contribution in [2.75, 3.05) is 0 Å². The van der Waals surface area contributed by atoms with E-state index in [1.807, 2.05) is 13.0 Å². The third kappa shape index (κ3) is 2.83. The van der Waals surface area contributed by atoms with Crippen molar-refractivity contribution in [3.63, 3.8) is 0 Å². The topological polar surface area (TPSA) is 48.4 Å². The average molecular weight is 270 g/mol. The first-order chi connectivity index (χ1) is 8.60. The van der Waals surface area contributed by atoms with Crippen molar-refractivity contribution in [1.29, 1.82) is 0 Å². The molecule has 0 fully saturated rings. The molecule has 18 heavy (non-hydrogen) atoms. The molecule has 0 aliphatic rings. The number of benzene rings is 1. The number of halogens is 2. The number of hydrogen-bond donors (Lipinski definition) is 1. The van der Waals surface area contributed by atoms with Crippen LogP contribution in [0.4, 0.5) is 4.39 Å². The Labute approximate surface area is 109 Å². The maximum atomic E-state index is 13.2. The fourth-order valence-electron chi connectivity index (χ4n) is 1.58. The second-order valence-corrected chi connectivity index (χ2v) is 4.27. The fourth-order valence-corrected chi connectivity index (χ4v) is 1.70. The van der Waals surface area contributed by atoms with E-state index in [-0.39, 0.29) is 11.6 Å². The van der Waals surface area contributed by atoms with Crippen LogP contribution in [-0.4, -0.2) is 0 Å². The smallest absolute Gasteiger partial charge is 0.146 e. The molecule has 2 aromatic rings. The zero-order valence-electron chi connectivity index (χ0n) is 9.87. The Bertz CT molecular complexity index is 554. The summed E-state index contributed by atoms with van der Waals surface area (Å²) in [5, 5.41) is 0.0709. The lowest BCUT2D eigenvalue weighted by Gasteiger charge is -2.04. The van der Waals surface area contributed by atoms with E-state index in [1.54, 1.807) is 6.07 Å². The summed E-state index contributed by atoms with van der Waals surface area (Å²) in [7, 11) is 0. The summed E-state index contributed by atoms with van der Waals surface area (Å²) in [6.07, 6.45) is 0. The minimum atomic E-state index is -0.507. The summed E-state index contributed by atoms with van der Waals surface area (Å²) in [5.41, 5.74) is 6.48. The second-order valence-electron chi connectivity index (χ2n) is 3.86. The molecule has 0 atom stereocenters. The summed E-state index contributed by atoms with van der Waals surface area (Å²) in [5.74, 6) is 1.33. The number of hydrogen-bond acceptors (Lipinski definition) is 3. The molecule has 0 radical (unpaired) electrons. The first kappa shape index (κ1) is 12.9. The highest BCUT2D eigenvalue weighted by molar-refractivity contribution is 6.30. The lowest BCUT2D eigenvalue weighted by molar-refractivity contribution is 0.266. The van der Waals surface area contributed by atoms with E-state index in [4.69, 9.17) is 26.5 Å². The van der Waals surface area contributed by atoms with Crippen molar-refractivity contribution in [2.45, 2.75) is 20.1 Å². The molecule has 0 unspecified atom stereocenters.